The smallest absolute Gasteiger partial charge is 0.496 e. The maximum Gasteiger partial charge on any atom is 0.573 e. The minimum atomic E-state index is -4.83. The molecule has 0 atom stereocenters. The van der Waals surface area contributed by atoms with Gasteiger partial charge in [0.1, 0.15) is 22.9 Å². The van der Waals surface area contributed by atoms with Gasteiger partial charge in [-0.3, -0.25) is 0 Å². The Morgan fingerprint density at radius 1 is 1.09 bits per heavy atom. The van der Waals surface area contributed by atoms with Crippen LogP contribution in [0.15, 0.2) is 48.5 Å². The van der Waals surface area contributed by atoms with Gasteiger partial charge in [0, 0.05) is 36.5 Å². The summed E-state index contributed by atoms with van der Waals surface area (Å²) in [5.41, 5.74) is 1.44. The SMILES string of the molecule is COC(=O)c1ccc(Nc2cc(-c3cccc(OC(F)(F)F)c3)nc(NCCCO)n2)cc1OC. The Kier molecular flexibility index (Phi) is 8.31. The first-order valence-electron chi connectivity index (χ1n) is 10.4. The normalized spacial score (nSPS) is 11.0. The molecule has 0 aliphatic carbocycles. The summed E-state index contributed by atoms with van der Waals surface area (Å²) in [6.07, 6.45) is -4.39. The van der Waals surface area contributed by atoms with Crippen molar-refractivity contribution in [2.24, 2.45) is 0 Å². The van der Waals surface area contributed by atoms with Gasteiger partial charge in [-0.25, -0.2) is 9.78 Å². The molecule has 0 unspecified atom stereocenters. The number of nitrogens with one attached hydrogen (secondary N) is 2. The van der Waals surface area contributed by atoms with E-state index in [0.717, 1.165) is 0 Å². The maximum atomic E-state index is 12.7. The second kappa shape index (κ2) is 11.4. The highest BCUT2D eigenvalue weighted by Gasteiger charge is 2.31. The molecule has 9 nitrogen and oxygen atoms in total. The van der Waals surface area contributed by atoms with E-state index >= 15 is 0 Å². The summed E-state index contributed by atoms with van der Waals surface area (Å²) in [4.78, 5) is 20.6. The maximum absolute atomic E-state index is 12.7. The van der Waals surface area contributed by atoms with Gasteiger partial charge in [0.05, 0.1) is 19.9 Å². The van der Waals surface area contributed by atoms with Crippen molar-refractivity contribution in [2.45, 2.75) is 12.8 Å². The molecule has 0 spiro atoms. The Hall–Kier alpha value is -4.06. The van der Waals surface area contributed by atoms with Crippen LogP contribution in [0.1, 0.15) is 16.8 Å². The second-order valence-corrected chi connectivity index (χ2v) is 7.07. The third kappa shape index (κ3) is 7.21. The zero-order valence-corrected chi connectivity index (χ0v) is 18.8. The fourth-order valence-electron chi connectivity index (χ4n) is 3.07. The number of aliphatic hydroxyl groups excluding tert-OH is 1. The summed E-state index contributed by atoms with van der Waals surface area (Å²) in [5.74, 6) is -0.167. The Bertz CT molecular complexity index is 1170. The summed E-state index contributed by atoms with van der Waals surface area (Å²) in [5, 5.41) is 15.1. The standard InChI is InChI=1S/C23H23F3N4O5/c1-33-19-12-15(7-8-17(19)21(32)34-2)28-20-13-18(29-22(30-20)27-9-4-10-31)14-5-3-6-16(11-14)35-23(24,25)26/h3,5-8,11-13,31H,4,9-10H2,1-2H3,(H2,27,28,29,30). The van der Waals surface area contributed by atoms with E-state index in [-0.39, 0.29) is 29.6 Å². The van der Waals surface area contributed by atoms with Gasteiger partial charge in [-0.1, -0.05) is 12.1 Å². The van der Waals surface area contributed by atoms with E-state index in [4.69, 9.17) is 14.6 Å². The molecule has 3 rings (SSSR count). The molecule has 0 radical (unpaired) electrons. The number of hydrogen-bond acceptors (Lipinski definition) is 9. The summed E-state index contributed by atoms with van der Waals surface area (Å²) in [6.45, 7) is 0.333. The van der Waals surface area contributed by atoms with E-state index in [2.05, 4.69) is 25.3 Å². The molecule has 35 heavy (non-hydrogen) atoms. The van der Waals surface area contributed by atoms with E-state index in [1.165, 1.54) is 38.5 Å². The number of alkyl halides is 3. The predicted octanol–water partition coefficient (Wildman–Crippen LogP) is 4.38. The molecule has 0 aliphatic heterocycles. The minimum Gasteiger partial charge on any atom is -0.496 e. The number of carbonyl (C=O) groups is 1. The minimum absolute atomic E-state index is 0.0407. The van der Waals surface area contributed by atoms with Gasteiger partial charge in [-0.05, 0) is 30.7 Å². The van der Waals surface area contributed by atoms with Gasteiger partial charge >= 0.3 is 12.3 Å². The van der Waals surface area contributed by atoms with Crippen LogP contribution in [0.3, 0.4) is 0 Å². The molecule has 0 bridgehead atoms. The first-order chi connectivity index (χ1) is 16.7. The van der Waals surface area contributed by atoms with Crippen LogP contribution in [0.5, 0.6) is 11.5 Å². The van der Waals surface area contributed by atoms with Crippen LogP contribution in [0, 0.1) is 0 Å². The van der Waals surface area contributed by atoms with Gasteiger partial charge < -0.3 is 30.0 Å². The fourth-order valence-corrected chi connectivity index (χ4v) is 3.07. The molecule has 0 saturated heterocycles. The lowest BCUT2D eigenvalue weighted by molar-refractivity contribution is -0.274. The fraction of sp³-hybridized carbons (Fsp3) is 0.261. The lowest BCUT2D eigenvalue weighted by Gasteiger charge is -2.14. The quantitative estimate of drug-likeness (QED) is 0.280. The molecular formula is C23H23F3N4O5. The summed E-state index contributed by atoms with van der Waals surface area (Å²) in [6, 6.07) is 11.7. The first-order valence-corrected chi connectivity index (χ1v) is 10.4. The van der Waals surface area contributed by atoms with Crippen LogP contribution in [0.4, 0.5) is 30.6 Å². The molecule has 2 aromatic carbocycles. The Morgan fingerprint density at radius 3 is 2.57 bits per heavy atom. The summed E-state index contributed by atoms with van der Waals surface area (Å²) >= 11 is 0. The van der Waals surface area contributed by atoms with Crippen molar-refractivity contribution in [2.75, 3.05) is 38.0 Å². The largest absolute Gasteiger partial charge is 0.573 e. The molecule has 3 N–H and O–H groups in total. The van der Waals surface area contributed by atoms with E-state index in [1.807, 2.05) is 0 Å². The molecule has 186 valence electrons. The molecule has 0 fully saturated rings. The number of rotatable bonds is 10. The molecule has 0 aliphatic rings. The molecular weight excluding hydrogens is 469 g/mol. The average molecular weight is 492 g/mol. The number of aliphatic hydroxyl groups is 1. The van der Waals surface area contributed by atoms with Crippen molar-refractivity contribution >= 4 is 23.4 Å². The average Bonchev–Trinajstić information content (AvgIpc) is 2.82. The van der Waals surface area contributed by atoms with Crippen molar-refractivity contribution in [3.05, 3.63) is 54.1 Å². The number of anilines is 3. The highest BCUT2D eigenvalue weighted by molar-refractivity contribution is 5.93. The van der Waals surface area contributed by atoms with E-state index in [0.29, 0.717) is 35.7 Å². The van der Waals surface area contributed by atoms with Crippen LogP contribution >= 0.6 is 0 Å². The van der Waals surface area contributed by atoms with Crippen molar-refractivity contribution in [1.82, 2.24) is 9.97 Å². The monoisotopic (exact) mass is 492 g/mol. The zero-order valence-electron chi connectivity index (χ0n) is 18.8. The molecule has 0 amide bonds. The van der Waals surface area contributed by atoms with Gasteiger partial charge in [-0.15, -0.1) is 13.2 Å². The number of benzene rings is 2. The zero-order chi connectivity index (χ0) is 25.4. The van der Waals surface area contributed by atoms with Gasteiger partial charge in [0.15, 0.2) is 0 Å². The van der Waals surface area contributed by atoms with Crippen LogP contribution in [-0.4, -0.2) is 54.8 Å². The lowest BCUT2D eigenvalue weighted by atomic mass is 10.1. The van der Waals surface area contributed by atoms with Gasteiger partial charge in [-0.2, -0.15) is 4.98 Å². The van der Waals surface area contributed by atoms with Crippen LogP contribution in [0.25, 0.3) is 11.3 Å². The van der Waals surface area contributed by atoms with E-state index < -0.39 is 12.3 Å². The first kappa shape index (κ1) is 25.6. The molecule has 12 heteroatoms. The number of ether oxygens (including phenoxy) is 3. The highest BCUT2D eigenvalue weighted by atomic mass is 19.4. The number of esters is 1. The van der Waals surface area contributed by atoms with Crippen LogP contribution < -0.4 is 20.1 Å². The molecule has 1 aromatic heterocycles. The van der Waals surface area contributed by atoms with Crippen LogP contribution in [0.2, 0.25) is 0 Å². The molecule has 1 heterocycles. The predicted molar refractivity (Wildman–Crippen MR) is 122 cm³/mol. The van der Waals surface area contributed by atoms with Crippen molar-refractivity contribution in [3.8, 4) is 22.8 Å². The van der Waals surface area contributed by atoms with Crippen LogP contribution in [-0.2, 0) is 4.74 Å². The van der Waals surface area contributed by atoms with Crippen molar-refractivity contribution in [3.63, 3.8) is 0 Å². The number of methoxy groups -OCH3 is 2. The highest BCUT2D eigenvalue weighted by Crippen LogP contribution is 2.30. The third-order valence-corrected chi connectivity index (χ3v) is 4.59. The number of nitrogens with zero attached hydrogens (tertiary/aromatic N) is 2. The third-order valence-electron chi connectivity index (χ3n) is 4.59. The Balaban J connectivity index is 1.96. The van der Waals surface area contributed by atoms with E-state index in [1.54, 1.807) is 24.3 Å². The van der Waals surface area contributed by atoms with Crippen molar-refractivity contribution in [1.29, 1.82) is 0 Å². The van der Waals surface area contributed by atoms with E-state index in [9.17, 15) is 18.0 Å². The Morgan fingerprint density at radius 2 is 1.89 bits per heavy atom. The van der Waals surface area contributed by atoms with Gasteiger partial charge in [0.25, 0.3) is 0 Å². The van der Waals surface area contributed by atoms with Gasteiger partial charge in [0.2, 0.25) is 5.95 Å². The summed E-state index contributed by atoms with van der Waals surface area (Å²) < 4.78 is 52.0. The topological polar surface area (TPSA) is 115 Å². The number of hydrogen-bond donors (Lipinski definition) is 3. The molecule has 3 aromatic rings. The number of aromatic nitrogens is 2. The summed E-state index contributed by atoms with van der Waals surface area (Å²) in [7, 11) is 2.67. The lowest BCUT2D eigenvalue weighted by Crippen LogP contribution is -2.17. The number of carbonyl (C=O) groups excluding carboxylic acids is 1. The van der Waals surface area contributed by atoms with Crippen molar-refractivity contribution < 1.29 is 37.3 Å². The Labute approximate surface area is 198 Å². The molecule has 0 saturated carbocycles. The second-order valence-electron chi connectivity index (χ2n) is 7.07. The number of halogens is 3.